The number of aromatic nitrogens is 2. The standard InChI is InChI=1S/C19H20BrN3O/c1-14-22-17-8-4-5-9-18(17)23(14)13-12-21-19(24)11-10-15-6-2-3-7-16(15)20/h2-9H,10-13H2,1H3,(H,21,24). The first-order valence-electron chi connectivity index (χ1n) is 8.07. The smallest absolute Gasteiger partial charge is 0.220 e. The largest absolute Gasteiger partial charge is 0.354 e. The molecule has 0 aliphatic heterocycles. The summed E-state index contributed by atoms with van der Waals surface area (Å²) in [5.74, 6) is 1.05. The third kappa shape index (κ3) is 3.85. The minimum Gasteiger partial charge on any atom is -0.354 e. The number of carbonyl (C=O) groups is 1. The van der Waals surface area contributed by atoms with Crippen LogP contribution in [0.1, 0.15) is 17.8 Å². The van der Waals surface area contributed by atoms with Crippen LogP contribution in [0.2, 0.25) is 0 Å². The van der Waals surface area contributed by atoms with E-state index >= 15 is 0 Å². The Labute approximate surface area is 150 Å². The molecule has 0 spiro atoms. The van der Waals surface area contributed by atoms with E-state index in [9.17, 15) is 4.79 Å². The highest BCUT2D eigenvalue weighted by molar-refractivity contribution is 9.10. The maximum atomic E-state index is 12.1. The van der Waals surface area contributed by atoms with Crippen molar-refractivity contribution >= 4 is 32.9 Å². The van der Waals surface area contributed by atoms with Gasteiger partial charge in [0.2, 0.25) is 5.91 Å². The van der Waals surface area contributed by atoms with Gasteiger partial charge < -0.3 is 9.88 Å². The molecule has 0 saturated heterocycles. The molecule has 0 radical (unpaired) electrons. The molecule has 1 N–H and O–H groups in total. The highest BCUT2D eigenvalue weighted by atomic mass is 79.9. The van der Waals surface area contributed by atoms with Gasteiger partial charge in [0.25, 0.3) is 0 Å². The van der Waals surface area contributed by atoms with Crippen LogP contribution in [0, 0.1) is 6.92 Å². The van der Waals surface area contributed by atoms with Crippen molar-refractivity contribution < 1.29 is 4.79 Å². The molecule has 0 aliphatic rings. The Morgan fingerprint density at radius 3 is 2.75 bits per heavy atom. The normalized spacial score (nSPS) is 10.9. The number of hydrogen-bond donors (Lipinski definition) is 1. The van der Waals surface area contributed by atoms with E-state index < -0.39 is 0 Å². The zero-order valence-electron chi connectivity index (χ0n) is 13.6. The summed E-state index contributed by atoms with van der Waals surface area (Å²) >= 11 is 3.51. The van der Waals surface area contributed by atoms with Crippen molar-refractivity contribution in [2.45, 2.75) is 26.3 Å². The van der Waals surface area contributed by atoms with Gasteiger partial charge in [0, 0.05) is 24.0 Å². The summed E-state index contributed by atoms with van der Waals surface area (Å²) in [6, 6.07) is 16.1. The van der Waals surface area contributed by atoms with E-state index in [-0.39, 0.29) is 5.91 Å². The van der Waals surface area contributed by atoms with Crippen LogP contribution in [0.15, 0.2) is 53.0 Å². The maximum Gasteiger partial charge on any atom is 0.220 e. The lowest BCUT2D eigenvalue weighted by Gasteiger charge is -2.09. The first kappa shape index (κ1) is 16.7. The van der Waals surface area contributed by atoms with Crippen LogP contribution in [-0.2, 0) is 17.8 Å². The van der Waals surface area contributed by atoms with Gasteiger partial charge in [-0.2, -0.15) is 0 Å². The maximum absolute atomic E-state index is 12.1. The Bertz CT molecular complexity index is 857. The Hall–Kier alpha value is -2.14. The number of aryl methyl sites for hydroxylation is 2. The Morgan fingerprint density at radius 1 is 1.17 bits per heavy atom. The van der Waals surface area contributed by atoms with E-state index in [0.717, 1.165) is 39.9 Å². The van der Waals surface area contributed by atoms with Gasteiger partial charge >= 0.3 is 0 Å². The Kier molecular flexibility index (Phi) is 5.30. The predicted molar refractivity (Wildman–Crippen MR) is 99.9 cm³/mol. The van der Waals surface area contributed by atoms with Crippen LogP contribution in [0.25, 0.3) is 11.0 Å². The summed E-state index contributed by atoms with van der Waals surface area (Å²) in [6.45, 7) is 3.33. The predicted octanol–water partition coefficient (Wildman–Crippen LogP) is 3.86. The number of carbonyl (C=O) groups excluding carboxylic acids is 1. The van der Waals surface area contributed by atoms with Gasteiger partial charge in [0.15, 0.2) is 0 Å². The molecule has 3 rings (SSSR count). The fraction of sp³-hybridized carbons (Fsp3) is 0.263. The molecule has 1 aromatic heterocycles. The molecule has 124 valence electrons. The first-order valence-corrected chi connectivity index (χ1v) is 8.86. The molecule has 0 bridgehead atoms. The lowest BCUT2D eigenvalue weighted by Crippen LogP contribution is -2.27. The number of rotatable bonds is 6. The molecule has 1 heterocycles. The average molecular weight is 386 g/mol. The average Bonchev–Trinajstić information content (AvgIpc) is 2.90. The van der Waals surface area contributed by atoms with Crippen molar-refractivity contribution in [3.05, 3.63) is 64.4 Å². The van der Waals surface area contributed by atoms with E-state index in [2.05, 4.69) is 36.9 Å². The van der Waals surface area contributed by atoms with Gasteiger partial charge in [0.1, 0.15) is 5.82 Å². The van der Waals surface area contributed by atoms with Gasteiger partial charge in [-0.15, -0.1) is 0 Å². The molecule has 0 saturated carbocycles. The summed E-state index contributed by atoms with van der Waals surface area (Å²) < 4.78 is 3.20. The fourth-order valence-electron chi connectivity index (χ4n) is 2.82. The molecule has 0 atom stereocenters. The Balaban J connectivity index is 1.51. The minimum absolute atomic E-state index is 0.0767. The number of nitrogens with one attached hydrogen (secondary N) is 1. The molecular formula is C19H20BrN3O. The van der Waals surface area contributed by atoms with Gasteiger partial charge in [-0.1, -0.05) is 46.3 Å². The van der Waals surface area contributed by atoms with Gasteiger partial charge in [-0.05, 0) is 37.1 Å². The summed E-state index contributed by atoms with van der Waals surface area (Å²) in [4.78, 5) is 16.6. The van der Waals surface area contributed by atoms with Crippen LogP contribution in [0.5, 0.6) is 0 Å². The van der Waals surface area contributed by atoms with E-state index in [4.69, 9.17) is 0 Å². The highest BCUT2D eigenvalue weighted by Gasteiger charge is 2.08. The van der Waals surface area contributed by atoms with E-state index in [1.54, 1.807) is 0 Å². The number of para-hydroxylation sites is 2. The number of nitrogens with zero attached hydrogens (tertiary/aromatic N) is 2. The second-order valence-electron chi connectivity index (χ2n) is 5.74. The molecule has 0 fully saturated rings. The SMILES string of the molecule is Cc1nc2ccccc2n1CCNC(=O)CCc1ccccc1Br. The van der Waals surface area contributed by atoms with Crippen molar-refractivity contribution in [1.29, 1.82) is 0 Å². The molecule has 5 heteroatoms. The van der Waals surface area contributed by atoms with Crippen molar-refractivity contribution in [2.24, 2.45) is 0 Å². The third-order valence-corrected chi connectivity index (χ3v) is 4.86. The first-order chi connectivity index (χ1) is 11.6. The fourth-order valence-corrected chi connectivity index (χ4v) is 3.31. The Morgan fingerprint density at radius 2 is 1.92 bits per heavy atom. The van der Waals surface area contributed by atoms with E-state index in [0.29, 0.717) is 13.0 Å². The molecule has 2 aromatic carbocycles. The van der Waals surface area contributed by atoms with Gasteiger partial charge in [-0.25, -0.2) is 4.98 Å². The van der Waals surface area contributed by atoms with Crippen molar-refractivity contribution in [3.63, 3.8) is 0 Å². The number of benzene rings is 2. The van der Waals surface area contributed by atoms with Crippen LogP contribution >= 0.6 is 15.9 Å². The topological polar surface area (TPSA) is 46.9 Å². The molecular weight excluding hydrogens is 366 g/mol. The van der Waals surface area contributed by atoms with Crippen LogP contribution in [-0.4, -0.2) is 22.0 Å². The van der Waals surface area contributed by atoms with Gasteiger partial charge in [0.05, 0.1) is 11.0 Å². The number of halogens is 1. The summed E-state index contributed by atoms with van der Waals surface area (Å²) in [5, 5.41) is 3.00. The van der Waals surface area contributed by atoms with Crippen molar-refractivity contribution in [3.8, 4) is 0 Å². The number of imidazole rings is 1. The molecule has 0 aliphatic carbocycles. The number of hydrogen-bond acceptors (Lipinski definition) is 2. The molecule has 0 unspecified atom stereocenters. The summed E-state index contributed by atoms with van der Waals surface area (Å²) in [5.41, 5.74) is 3.26. The van der Waals surface area contributed by atoms with Gasteiger partial charge in [-0.3, -0.25) is 4.79 Å². The van der Waals surface area contributed by atoms with Crippen LogP contribution < -0.4 is 5.32 Å². The molecule has 24 heavy (non-hydrogen) atoms. The van der Waals surface area contributed by atoms with Crippen molar-refractivity contribution in [2.75, 3.05) is 6.54 Å². The summed E-state index contributed by atoms with van der Waals surface area (Å²) in [6.07, 6.45) is 1.23. The lowest BCUT2D eigenvalue weighted by atomic mass is 10.1. The van der Waals surface area contributed by atoms with Crippen LogP contribution in [0.4, 0.5) is 0 Å². The zero-order valence-corrected chi connectivity index (χ0v) is 15.2. The molecule has 4 nitrogen and oxygen atoms in total. The number of amides is 1. The van der Waals surface area contributed by atoms with Crippen molar-refractivity contribution in [1.82, 2.24) is 14.9 Å². The summed E-state index contributed by atoms with van der Waals surface area (Å²) in [7, 11) is 0. The molecule has 1 amide bonds. The zero-order chi connectivity index (χ0) is 16.9. The minimum atomic E-state index is 0.0767. The third-order valence-electron chi connectivity index (χ3n) is 4.08. The second kappa shape index (κ2) is 7.62. The quantitative estimate of drug-likeness (QED) is 0.700. The lowest BCUT2D eigenvalue weighted by molar-refractivity contribution is -0.121. The van der Waals surface area contributed by atoms with Crippen LogP contribution in [0.3, 0.4) is 0 Å². The second-order valence-corrected chi connectivity index (χ2v) is 6.60. The highest BCUT2D eigenvalue weighted by Crippen LogP contribution is 2.17. The van der Waals surface area contributed by atoms with E-state index in [1.807, 2.05) is 49.4 Å². The van der Waals surface area contributed by atoms with E-state index in [1.165, 1.54) is 0 Å². The monoisotopic (exact) mass is 385 g/mol. The molecule has 3 aromatic rings. The number of fused-ring (bicyclic) bond motifs is 1.